The summed E-state index contributed by atoms with van der Waals surface area (Å²) in [5.74, 6) is 1.89. The standard InChI is InChI=1S/C19H19N3O/c1-23-16-10-8-15(9-11-16)14-19-21-17-6-2-3-7-18(17)22(19)13-5-4-12-20/h2-3,6-11H,4-5,13-14H2,1H3. The predicted octanol–water partition coefficient (Wildman–Crippen LogP) is 3.94. The molecule has 0 amide bonds. The zero-order valence-electron chi connectivity index (χ0n) is 13.2. The third kappa shape index (κ3) is 3.35. The van der Waals surface area contributed by atoms with E-state index in [-0.39, 0.29) is 0 Å². The number of aromatic nitrogens is 2. The molecule has 0 spiro atoms. The molecule has 0 unspecified atom stereocenters. The summed E-state index contributed by atoms with van der Waals surface area (Å²) in [6.07, 6.45) is 2.17. The minimum Gasteiger partial charge on any atom is -0.497 e. The largest absolute Gasteiger partial charge is 0.497 e. The summed E-state index contributed by atoms with van der Waals surface area (Å²) >= 11 is 0. The van der Waals surface area contributed by atoms with Crippen LogP contribution in [-0.2, 0) is 13.0 Å². The van der Waals surface area contributed by atoms with E-state index in [1.807, 2.05) is 30.3 Å². The lowest BCUT2D eigenvalue weighted by Gasteiger charge is -2.09. The first-order valence-electron chi connectivity index (χ1n) is 7.76. The molecule has 23 heavy (non-hydrogen) atoms. The van der Waals surface area contributed by atoms with E-state index in [1.54, 1.807) is 7.11 Å². The Kier molecular flexibility index (Phi) is 4.58. The Morgan fingerprint density at radius 3 is 2.65 bits per heavy atom. The number of fused-ring (bicyclic) bond motifs is 1. The van der Waals surface area contributed by atoms with E-state index in [9.17, 15) is 0 Å². The number of unbranched alkanes of at least 4 members (excludes halogenated alkanes) is 1. The van der Waals surface area contributed by atoms with Crippen molar-refractivity contribution in [3.63, 3.8) is 0 Å². The fraction of sp³-hybridized carbons (Fsp3) is 0.263. The highest BCUT2D eigenvalue weighted by Crippen LogP contribution is 2.20. The number of methoxy groups -OCH3 is 1. The molecule has 0 N–H and O–H groups in total. The van der Waals surface area contributed by atoms with Crippen molar-refractivity contribution >= 4 is 11.0 Å². The van der Waals surface area contributed by atoms with E-state index in [1.165, 1.54) is 5.56 Å². The van der Waals surface area contributed by atoms with Crippen LogP contribution >= 0.6 is 0 Å². The van der Waals surface area contributed by atoms with Gasteiger partial charge < -0.3 is 9.30 Å². The Morgan fingerprint density at radius 1 is 1.13 bits per heavy atom. The van der Waals surface area contributed by atoms with Crippen molar-refractivity contribution in [3.8, 4) is 11.8 Å². The number of ether oxygens (including phenoxy) is 1. The van der Waals surface area contributed by atoms with E-state index in [0.717, 1.165) is 42.0 Å². The predicted molar refractivity (Wildman–Crippen MR) is 90.4 cm³/mol. The van der Waals surface area contributed by atoms with Gasteiger partial charge in [0, 0.05) is 19.4 Å². The molecule has 1 aromatic heterocycles. The maximum absolute atomic E-state index is 8.78. The minimum atomic E-state index is 0.564. The van der Waals surface area contributed by atoms with Crippen molar-refractivity contribution in [2.24, 2.45) is 0 Å². The molecule has 0 atom stereocenters. The van der Waals surface area contributed by atoms with Gasteiger partial charge in [-0.1, -0.05) is 24.3 Å². The van der Waals surface area contributed by atoms with E-state index < -0.39 is 0 Å². The van der Waals surface area contributed by atoms with Gasteiger partial charge in [0.25, 0.3) is 0 Å². The number of hydrogen-bond donors (Lipinski definition) is 0. The lowest BCUT2D eigenvalue weighted by molar-refractivity contribution is 0.414. The molecular weight excluding hydrogens is 286 g/mol. The molecule has 3 rings (SSSR count). The van der Waals surface area contributed by atoms with Crippen molar-refractivity contribution in [1.82, 2.24) is 9.55 Å². The summed E-state index contributed by atoms with van der Waals surface area (Å²) in [5, 5.41) is 8.78. The van der Waals surface area contributed by atoms with Crippen molar-refractivity contribution in [2.45, 2.75) is 25.8 Å². The van der Waals surface area contributed by atoms with E-state index in [4.69, 9.17) is 15.0 Å². The molecule has 0 saturated carbocycles. The van der Waals surface area contributed by atoms with Crippen LogP contribution in [0.4, 0.5) is 0 Å². The van der Waals surface area contributed by atoms with Gasteiger partial charge in [-0.05, 0) is 36.2 Å². The monoisotopic (exact) mass is 305 g/mol. The van der Waals surface area contributed by atoms with E-state index in [2.05, 4.69) is 28.8 Å². The summed E-state index contributed by atoms with van der Waals surface area (Å²) in [6, 6.07) is 18.4. The molecule has 4 heteroatoms. The normalized spacial score (nSPS) is 10.6. The number of nitrogens with zero attached hydrogens (tertiary/aromatic N) is 3. The van der Waals surface area contributed by atoms with Crippen molar-refractivity contribution in [2.75, 3.05) is 7.11 Å². The number of aryl methyl sites for hydroxylation is 1. The Bertz CT molecular complexity index is 828. The molecule has 116 valence electrons. The van der Waals surface area contributed by atoms with Crippen LogP contribution in [0.2, 0.25) is 0 Å². The number of para-hydroxylation sites is 2. The van der Waals surface area contributed by atoms with Crippen LogP contribution in [0.25, 0.3) is 11.0 Å². The topological polar surface area (TPSA) is 50.8 Å². The average molecular weight is 305 g/mol. The van der Waals surface area contributed by atoms with Gasteiger partial charge in [0.05, 0.1) is 24.2 Å². The molecule has 3 aromatic rings. The molecular formula is C19H19N3O. The first-order valence-corrected chi connectivity index (χ1v) is 7.76. The minimum absolute atomic E-state index is 0.564. The highest BCUT2D eigenvalue weighted by Gasteiger charge is 2.10. The van der Waals surface area contributed by atoms with Crippen molar-refractivity contribution in [3.05, 3.63) is 59.9 Å². The van der Waals surface area contributed by atoms with E-state index in [0.29, 0.717) is 6.42 Å². The summed E-state index contributed by atoms with van der Waals surface area (Å²) in [7, 11) is 1.67. The molecule has 2 aromatic carbocycles. The second kappa shape index (κ2) is 6.97. The SMILES string of the molecule is COc1ccc(Cc2nc3ccccc3n2CCCC#N)cc1. The van der Waals surface area contributed by atoms with Gasteiger partial charge >= 0.3 is 0 Å². The molecule has 0 radical (unpaired) electrons. The smallest absolute Gasteiger partial charge is 0.118 e. The van der Waals surface area contributed by atoms with Crippen LogP contribution < -0.4 is 4.74 Å². The molecule has 0 aliphatic carbocycles. The van der Waals surface area contributed by atoms with Crippen LogP contribution in [0.1, 0.15) is 24.2 Å². The quantitative estimate of drug-likeness (QED) is 0.648. The van der Waals surface area contributed by atoms with Crippen LogP contribution in [0.3, 0.4) is 0 Å². The zero-order chi connectivity index (χ0) is 16.1. The molecule has 0 aliphatic heterocycles. The van der Waals surface area contributed by atoms with Crippen molar-refractivity contribution in [1.29, 1.82) is 5.26 Å². The average Bonchev–Trinajstić information content (AvgIpc) is 2.93. The van der Waals surface area contributed by atoms with Gasteiger partial charge in [-0.3, -0.25) is 0 Å². The van der Waals surface area contributed by atoms with Gasteiger partial charge in [-0.15, -0.1) is 0 Å². The van der Waals surface area contributed by atoms with Crippen LogP contribution in [0.15, 0.2) is 48.5 Å². The highest BCUT2D eigenvalue weighted by atomic mass is 16.5. The molecule has 0 fully saturated rings. The third-order valence-electron chi connectivity index (χ3n) is 3.93. The van der Waals surface area contributed by atoms with Gasteiger partial charge in [-0.25, -0.2) is 4.98 Å². The Balaban J connectivity index is 1.91. The fourth-order valence-electron chi connectivity index (χ4n) is 2.75. The number of rotatable bonds is 6. The zero-order valence-corrected chi connectivity index (χ0v) is 13.2. The molecule has 0 saturated heterocycles. The fourth-order valence-corrected chi connectivity index (χ4v) is 2.75. The highest BCUT2D eigenvalue weighted by molar-refractivity contribution is 5.76. The summed E-state index contributed by atoms with van der Waals surface area (Å²) < 4.78 is 7.44. The van der Waals surface area contributed by atoms with Gasteiger partial charge in [0.2, 0.25) is 0 Å². The third-order valence-corrected chi connectivity index (χ3v) is 3.93. The van der Waals surface area contributed by atoms with Crippen molar-refractivity contribution < 1.29 is 4.74 Å². The van der Waals surface area contributed by atoms with Gasteiger partial charge in [-0.2, -0.15) is 5.26 Å². The molecule has 0 bridgehead atoms. The van der Waals surface area contributed by atoms with Gasteiger partial charge in [0.1, 0.15) is 11.6 Å². The lowest BCUT2D eigenvalue weighted by Crippen LogP contribution is -2.05. The Morgan fingerprint density at radius 2 is 1.91 bits per heavy atom. The first kappa shape index (κ1) is 15.1. The second-order valence-electron chi connectivity index (χ2n) is 5.45. The number of nitriles is 1. The number of benzene rings is 2. The molecule has 0 aliphatic rings. The Labute approximate surface area is 136 Å². The second-order valence-corrected chi connectivity index (χ2v) is 5.45. The molecule has 4 nitrogen and oxygen atoms in total. The van der Waals surface area contributed by atoms with Crippen LogP contribution in [-0.4, -0.2) is 16.7 Å². The number of imidazole rings is 1. The Hall–Kier alpha value is -2.80. The maximum Gasteiger partial charge on any atom is 0.118 e. The van der Waals surface area contributed by atoms with E-state index >= 15 is 0 Å². The van der Waals surface area contributed by atoms with Gasteiger partial charge in [0.15, 0.2) is 0 Å². The summed E-state index contributed by atoms with van der Waals surface area (Å²) in [6.45, 7) is 0.819. The number of hydrogen-bond acceptors (Lipinski definition) is 3. The summed E-state index contributed by atoms with van der Waals surface area (Å²) in [4.78, 5) is 4.78. The molecule has 1 heterocycles. The maximum atomic E-state index is 8.78. The first-order chi connectivity index (χ1) is 11.3. The van der Waals surface area contributed by atoms with Crippen LogP contribution in [0.5, 0.6) is 5.75 Å². The van der Waals surface area contributed by atoms with Crippen LogP contribution in [0, 0.1) is 11.3 Å². The lowest BCUT2D eigenvalue weighted by atomic mass is 10.1. The summed E-state index contributed by atoms with van der Waals surface area (Å²) in [5.41, 5.74) is 3.34.